The fourth-order valence-electron chi connectivity index (χ4n) is 4.05. The number of urea groups is 1. The van der Waals surface area contributed by atoms with Gasteiger partial charge in [0.25, 0.3) is 5.69 Å². The van der Waals surface area contributed by atoms with Crippen molar-refractivity contribution in [3.8, 4) is 11.5 Å². The first kappa shape index (κ1) is 38.2. The number of ether oxygens (including phenoxy) is 1. The normalized spacial score (nSPS) is 11.4. The molecule has 3 amide bonds. The van der Waals surface area contributed by atoms with Crippen molar-refractivity contribution in [3.63, 3.8) is 0 Å². The van der Waals surface area contributed by atoms with E-state index in [1.54, 1.807) is 0 Å². The number of guanidine groups is 1. The molecule has 0 unspecified atom stereocenters. The Bertz CT molecular complexity index is 1680. The molecule has 20 heteroatoms. The molecular weight excluding hydrogens is 686 g/mol. The SMILES string of the molecule is NCCSc1c(NC(=O)CCCCN=C(N)N)cc(C(F)(F)F)cc1NC(=O)Nc1ccc(Oc2cc([N+](=O)[O-])cc(C(F)(F)F)c2)cc1. The highest BCUT2D eigenvalue weighted by atomic mass is 32.2. The number of unbranched alkanes of at least 4 members (excludes halogenated alkanes) is 1. The zero-order valence-electron chi connectivity index (χ0n) is 25.3. The Morgan fingerprint density at radius 2 is 1.47 bits per heavy atom. The first-order valence-corrected chi connectivity index (χ1v) is 15.1. The average Bonchev–Trinajstić information content (AvgIpc) is 3.00. The van der Waals surface area contributed by atoms with Gasteiger partial charge in [0.15, 0.2) is 5.96 Å². The van der Waals surface area contributed by atoms with Crippen LogP contribution in [-0.2, 0) is 17.1 Å². The van der Waals surface area contributed by atoms with Gasteiger partial charge >= 0.3 is 18.4 Å². The Kier molecular flexibility index (Phi) is 13.0. The fourth-order valence-corrected chi connectivity index (χ4v) is 4.90. The largest absolute Gasteiger partial charge is 0.457 e. The first-order chi connectivity index (χ1) is 23.0. The quantitative estimate of drug-likeness (QED) is 0.0204. The van der Waals surface area contributed by atoms with E-state index in [0.29, 0.717) is 31.0 Å². The Morgan fingerprint density at radius 1 is 0.857 bits per heavy atom. The maximum Gasteiger partial charge on any atom is 0.416 e. The monoisotopic (exact) mass is 716 g/mol. The van der Waals surface area contributed by atoms with Crippen LogP contribution in [0.2, 0.25) is 0 Å². The second-order valence-electron chi connectivity index (χ2n) is 10.0. The predicted molar refractivity (Wildman–Crippen MR) is 172 cm³/mol. The lowest BCUT2D eigenvalue weighted by Crippen LogP contribution is -2.23. The number of hydrogen-bond donors (Lipinski definition) is 6. The molecule has 0 aliphatic rings. The summed E-state index contributed by atoms with van der Waals surface area (Å²) in [4.78, 5) is 39.5. The number of halogens is 6. The van der Waals surface area contributed by atoms with Crippen LogP contribution in [0, 0.1) is 10.1 Å². The Balaban J connectivity index is 1.79. The molecule has 9 N–H and O–H groups in total. The molecule has 0 atom stereocenters. The van der Waals surface area contributed by atoms with Crippen molar-refractivity contribution < 1.29 is 45.6 Å². The summed E-state index contributed by atoms with van der Waals surface area (Å²) >= 11 is 1.00. The summed E-state index contributed by atoms with van der Waals surface area (Å²) in [7, 11) is 0. The van der Waals surface area contributed by atoms with Gasteiger partial charge < -0.3 is 37.9 Å². The lowest BCUT2D eigenvalue weighted by molar-refractivity contribution is -0.385. The van der Waals surface area contributed by atoms with Crippen LogP contribution >= 0.6 is 11.8 Å². The maximum atomic E-state index is 13.8. The summed E-state index contributed by atoms with van der Waals surface area (Å²) in [5.41, 5.74) is 12.4. The summed E-state index contributed by atoms with van der Waals surface area (Å²) < 4.78 is 86.5. The van der Waals surface area contributed by atoms with Gasteiger partial charge in [-0.15, -0.1) is 11.8 Å². The number of alkyl halides is 6. The molecule has 0 fully saturated rings. The highest BCUT2D eigenvalue weighted by molar-refractivity contribution is 7.99. The van der Waals surface area contributed by atoms with E-state index in [1.807, 2.05) is 0 Å². The molecule has 0 aromatic heterocycles. The summed E-state index contributed by atoms with van der Waals surface area (Å²) in [5, 5.41) is 18.3. The van der Waals surface area contributed by atoms with Crippen molar-refractivity contribution in [1.29, 1.82) is 0 Å². The van der Waals surface area contributed by atoms with Crippen LogP contribution in [0.15, 0.2) is 64.5 Å². The van der Waals surface area contributed by atoms with E-state index in [0.717, 1.165) is 23.9 Å². The Morgan fingerprint density at radius 3 is 2.04 bits per heavy atom. The zero-order valence-corrected chi connectivity index (χ0v) is 26.1. The molecule has 0 spiro atoms. The minimum absolute atomic E-state index is 0.0467. The van der Waals surface area contributed by atoms with Gasteiger partial charge in [-0.2, -0.15) is 26.3 Å². The number of amides is 3. The standard InChI is InChI=1S/C29H30F6N8O5S/c30-28(31,32)16-11-19(43(46)47)15-21(12-16)48-20-6-4-18(5-7-20)40-27(45)42-23-14-17(29(33,34)35)13-22(25(23)49-10-8-36)41-24(44)3-1-2-9-39-26(37)38/h4-7,11-15H,1-3,8-10,36H2,(H,41,44)(H4,37,38,39)(H2,40,42,45). The first-order valence-electron chi connectivity index (χ1n) is 14.1. The van der Waals surface area contributed by atoms with E-state index >= 15 is 0 Å². The van der Waals surface area contributed by atoms with Crippen molar-refractivity contribution in [1.82, 2.24) is 0 Å². The molecular formula is C29H30F6N8O5S. The number of nitrogens with zero attached hydrogens (tertiary/aromatic N) is 2. The topological polar surface area (TPSA) is 213 Å². The number of thioether (sulfide) groups is 1. The van der Waals surface area contributed by atoms with Crippen LogP contribution in [0.5, 0.6) is 11.5 Å². The third kappa shape index (κ3) is 12.1. The van der Waals surface area contributed by atoms with Gasteiger partial charge in [0.1, 0.15) is 11.5 Å². The predicted octanol–water partition coefficient (Wildman–Crippen LogP) is 6.50. The number of hydrogen-bond acceptors (Lipinski definition) is 8. The number of rotatable bonds is 14. The molecule has 3 aromatic rings. The van der Waals surface area contributed by atoms with Crippen molar-refractivity contribution in [2.45, 2.75) is 36.5 Å². The highest BCUT2D eigenvalue weighted by Gasteiger charge is 2.34. The minimum Gasteiger partial charge on any atom is -0.457 e. The molecule has 3 aromatic carbocycles. The van der Waals surface area contributed by atoms with E-state index in [9.17, 15) is 46.0 Å². The van der Waals surface area contributed by atoms with Gasteiger partial charge in [-0.3, -0.25) is 19.9 Å². The van der Waals surface area contributed by atoms with Crippen LogP contribution in [0.3, 0.4) is 0 Å². The molecule has 49 heavy (non-hydrogen) atoms. The fraction of sp³-hybridized carbons (Fsp3) is 0.276. The smallest absolute Gasteiger partial charge is 0.416 e. The third-order valence-electron chi connectivity index (χ3n) is 6.19. The van der Waals surface area contributed by atoms with Crippen molar-refractivity contribution in [2.24, 2.45) is 22.2 Å². The molecule has 0 aliphatic heterocycles. The summed E-state index contributed by atoms with van der Waals surface area (Å²) in [5.74, 6) is -1.000. The Hall–Kier alpha value is -5.24. The van der Waals surface area contributed by atoms with E-state index in [-0.39, 0.29) is 58.9 Å². The zero-order chi connectivity index (χ0) is 36.4. The molecule has 0 saturated carbocycles. The lowest BCUT2D eigenvalue weighted by atomic mass is 10.1. The van der Waals surface area contributed by atoms with Crippen molar-refractivity contribution in [2.75, 3.05) is 34.8 Å². The number of benzene rings is 3. The van der Waals surface area contributed by atoms with Crippen molar-refractivity contribution >= 4 is 52.4 Å². The van der Waals surface area contributed by atoms with Gasteiger partial charge in [-0.1, -0.05) is 0 Å². The number of nitrogens with two attached hydrogens (primary N) is 3. The average molecular weight is 717 g/mol. The number of non-ortho nitro benzene ring substituents is 1. The van der Waals surface area contributed by atoms with Crippen LogP contribution in [-0.4, -0.2) is 41.7 Å². The number of aliphatic imine (C=N–C) groups is 1. The van der Waals surface area contributed by atoms with Gasteiger partial charge in [0, 0.05) is 37.0 Å². The molecule has 0 radical (unpaired) electrons. The van der Waals surface area contributed by atoms with Gasteiger partial charge in [-0.25, -0.2) is 4.79 Å². The molecule has 0 bridgehead atoms. The number of anilines is 3. The van der Waals surface area contributed by atoms with E-state index < -0.39 is 51.8 Å². The number of carbonyl (C=O) groups is 2. The van der Waals surface area contributed by atoms with Crippen LogP contribution in [0.4, 0.5) is 53.9 Å². The van der Waals surface area contributed by atoms with Crippen molar-refractivity contribution in [3.05, 3.63) is 75.8 Å². The minimum atomic E-state index is -4.88. The van der Waals surface area contributed by atoms with Crippen LogP contribution in [0.1, 0.15) is 30.4 Å². The van der Waals surface area contributed by atoms with Crippen LogP contribution < -0.4 is 37.9 Å². The number of nitro benzene ring substituents is 1. The molecule has 264 valence electrons. The second-order valence-corrected chi connectivity index (χ2v) is 11.1. The molecule has 13 nitrogen and oxygen atoms in total. The van der Waals surface area contributed by atoms with Crippen LogP contribution in [0.25, 0.3) is 0 Å². The van der Waals surface area contributed by atoms with Gasteiger partial charge in [0.05, 0.1) is 38.4 Å². The number of nitro groups is 1. The van der Waals surface area contributed by atoms with E-state index in [1.165, 1.54) is 24.3 Å². The molecule has 0 saturated heterocycles. The Labute approximate surface area is 278 Å². The maximum absolute atomic E-state index is 13.8. The van der Waals surface area contributed by atoms with E-state index in [4.69, 9.17) is 21.9 Å². The summed E-state index contributed by atoms with van der Waals surface area (Å²) in [6.07, 6.45) is -9.00. The van der Waals surface area contributed by atoms with E-state index in [2.05, 4.69) is 20.9 Å². The number of carbonyl (C=O) groups excluding carboxylic acids is 2. The lowest BCUT2D eigenvalue weighted by Gasteiger charge is -2.19. The molecule has 3 rings (SSSR count). The molecule has 0 aliphatic carbocycles. The molecule has 0 heterocycles. The summed E-state index contributed by atoms with van der Waals surface area (Å²) in [6, 6.07) is 7.22. The summed E-state index contributed by atoms with van der Waals surface area (Å²) in [6.45, 7) is 0.383. The highest BCUT2D eigenvalue weighted by Crippen LogP contribution is 2.41. The second kappa shape index (κ2) is 16.7. The van der Waals surface area contributed by atoms with Gasteiger partial charge in [-0.05, 0) is 55.3 Å². The van der Waals surface area contributed by atoms with Gasteiger partial charge in [0.2, 0.25) is 5.91 Å². The number of nitrogens with one attached hydrogen (secondary N) is 3. The third-order valence-corrected chi connectivity index (χ3v) is 7.35.